The van der Waals surface area contributed by atoms with Crippen LogP contribution in [0.5, 0.6) is 5.75 Å². The van der Waals surface area contributed by atoms with Gasteiger partial charge in [-0.15, -0.1) is 0 Å². The first kappa shape index (κ1) is 14.8. The Morgan fingerprint density at radius 1 is 1.10 bits per heavy atom. The number of para-hydroxylation sites is 1. The molecule has 0 atom stereocenters. The number of nitrogens with one attached hydrogen (secondary N) is 1. The molecule has 0 aliphatic rings. The third kappa shape index (κ3) is 3.72. The van der Waals surface area contributed by atoms with E-state index in [1.165, 1.54) is 0 Å². The first-order valence-corrected chi connectivity index (χ1v) is 7.47. The number of halogens is 1. The topological polar surface area (TPSA) is 38.3 Å². The summed E-state index contributed by atoms with van der Waals surface area (Å²) in [5.74, 6) is 0.608. The minimum atomic E-state index is -0.130. The van der Waals surface area contributed by atoms with E-state index >= 15 is 0 Å². The van der Waals surface area contributed by atoms with Gasteiger partial charge in [0.2, 0.25) is 0 Å². The molecule has 2 rings (SSSR count). The van der Waals surface area contributed by atoms with E-state index in [4.69, 9.17) is 4.74 Å². The lowest BCUT2D eigenvalue weighted by Crippen LogP contribution is -2.15. The van der Waals surface area contributed by atoms with Crippen LogP contribution in [0.3, 0.4) is 0 Å². The summed E-state index contributed by atoms with van der Waals surface area (Å²) in [6.45, 7) is 3.93. The predicted molar refractivity (Wildman–Crippen MR) is 89.3 cm³/mol. The van der Waals surface area contributed by atoms with Gasteiger partial charge in [0.1, 0.15) is 5.75 Å². The van der Waals surface area contributed by atoms with Crippen molar-refractivity contribution >= 4 is 34.2 Å². The van der Waals surface area contributed by atoms with E-state index in [2.05, 4.69) is 27.9 Å². The van der Waals surface area contributed by atoms with E-state index < -0.39 is 0 Å². The number of hydrogen-bond acceptors (Lipinski definition) is 2. The van der Waals surface area contributed by atoms with Crippen LogP contribution in [-0.4, -0.2) is 12.0 Å². The second kappa shape index (κ2) is 6.74. The molecule has 0 unspecified atom stereocenters. The molecule has 0 fully saturated rings. The quantitative estimate of drug-likeness (QED) is 0.801. The highest BCUT2D eigenvalue weighted by Crippen LogP contribution is 2.26. The third-order valence-electron chi connectivity index (χ3n) is 2.60. The number of rotatable bonds is 4. The summed E-state index contributed by atoms with van der Waals surface area (Å²) < 4.78 is 6.52. The molecular weight excluding hydrogens is 365 g/mol. The maximum atomic E-state index is 12.3. The van der Waals surface area contributed by atoms with Crippen LogP contribution in [-0.2, 0) is 0 Å². The Hall–Kier alpha value is -1.56. The van der Waals surface area contributed by atoms with Gasteiger partial charge in [0.05, 0.1) is 15.2 Å². The van der Waals surface area contributed by atoms with Gasteiger partial charge in [-0.25, -0.2) is 0 Å². The molecule has 0 saturated heterocycles. The fourth-order valence-corrected chi connectivity index (χ4v) is 2.48. The van der Waals surface area contributed by atoms with Gasteiger partial charge >= 0.3 is 0 Å². The van der Waals surface area contributed by atoms with Crippen molar-refractivity contribution < 1.29 is 9.53 Å². The van der Waals surface area contributed by atoms with Gasteiger partial charge in [-0.3, -0.25) is 4.79 Å². The molecule has 0 aliphatic carbocycles. The maximum Gasteiger partial charge on any atom is 0.256 e. The lowest BCUT2D eigenvalue weighted by atomic mass is 10.2. The summed E-state index contributed by atoms with van der Waals surface area (Å²) in [6.07, 6.45) is 0.0796. The average molecular weight is 381 g/mol. The molecule has 0 radical (unpaired) electrons. The van der Waals surface area contributed by atoms with Crippen LogP contribution in [0.1, 0.15) is 24.2 Å². The van der Waals surface area contributed by atoms with Crippen molar-refractivity contribution in [1.82, 2.24) is 0 Å². The average Bonchev–Trinajstić information content (AvgIpc) is 2.41. The van der Waals surface area contributed by atoms with Gasteiger partial charge in [-0.1, -0.05) is 24.3 Å². The molecule has 0 aliphatic heterocycles. The Morgan fingerprint density at radius 3 is 2.45 bits per heavy atom. The second-order valence-electron chi connectivity index (χ2n) is 4.60. The van der Waals surface area contributed by atoms with E-state index in [-0.39, 0.29) is 12.0 Å². The molecule has 1 N–H and O–H groups in total. The van der Waals surface area contributed by atoms with Gasteiger partial charge in [0, 0.05) is 5.69 Å². The SMILES string of the molecule is CC(C)Oc1cccc(C(=O)Nc2ccccc2)c1I. The highest BCUT2D eigenvalue weighted by molar-refractivity contribution is 14.1. The molecule has 2 aromatic carbocycles. The summed E-state index contributed by atoms with van der Waals surface area (Å²) in [6, 6.07) is 14.9. The van der Waals surface area contributed by atoms with Crippen molar-refractivity contribution in [1.29, 1.82) is 0 Å². The number of anilines is 1. The van der Waals surface area contributed by atoms with Crippen LogP contribution < -0.4 is 10.1 Å². The van der Waals surface area contributed by atoms with Crippen molar-refractivity contribution in [2.45, 2.75) is 20.0 Å². The lowest BCUT2D eigenvalue weighted by molar-refractivity contribution is 0.102. The predicted octanol–water partition coefficient (Wildman–Crippen LogP) is 4.33. The van der Waals surface area contributed by atoms with Crippen molar-refractivity contribution in [3.05, 3.63) is 57.7 Å². The van der Waals surface area contributed by atoms with Crippen molar-refractivity contribution in [3.8, 4) is 5.75 Å². The third-order valence-corrected chi connectivity index (χ3v) is 3.71. The molecule has 4 heteroatoms. The normalized spacial score (nSPS) is 10.4. The summed E-state index contributed by atoms with van der Waals surface area (Å²) in [5.41, 5.74) is 1.40. The van der Waals surface area contributed by atoms with Crippen LogP contribution >= 0.6 is 22.6 Å². The largest absolute Gasteiger partial charge is 0.490 e. The molecule has 0 spiro atoms. The van der Waals surface area contributed by atoms with Gasteiger partial charge in [0.25, 0.3) is 5.91 Å². The first-order chi connectivity index (χ1) is 9.58. The molecule has 0 saturated carbocycles. The first-order valence-electron chi connectivity index (χ1n) is 6.39. The van der Waals surface area contributed by atoms with E-state index in [1.807, 2.05) is 56.3 Å². The summed E-state index contributed by atoms with van der Waals surface area (Å²) in [5, 5.41) is 2.88. The zero-order chi connectivity index (χ0) is 14.5. The lowest BCUT2D eigenvalue weighted by Gasteiger charge is -2.14. The molecule has 3 nitrogen and oxygen atoms in total. The van der Waals surface area contributed by atoms with Gasteiger partial charge in [-0.2, -0.15) is 0 Å². The summed E-state index contributed by atoms with van der Waals surface area (Å²) >= 11 is 2.15. The van der Waals surface area contributed by atoms with E-state index in [0.29, 0.717) is 5.56 Å². The van der Waals surface area contributed by atoms with Crippen LogP contribution in [0.25, 0.3) is 0 Å². The smallest absolute Gasteiger partial charge is 0.256 e. The van der Waals surface area contributed by atoms with E-state index in [9.17, 15) is 4.79 Å². The number of hydrogen-bond donors (Lipinski definition) is 1. The van der Waals surface area contributed by atoms with Gasteiger partial charge in [-0.05, 0) is 60.7 Å². The number of amides is 1. The van der Waals surface area contributed by atoms with Crippen LogP contribution in [0.4, 0.5) is 5.69 Å². The number of benzene rings is 2. The monoisotopic (exact) mass is 381 g/mol. The van der Waals surface area contributed by atoms with Crippen LogP contribution in [0, 0.1) is 3.57 Å². The zero-order valence-electron chi connectivity index (χ0n) is 11.4. The number of carbonyl (C=O) groups excluding carboxylic acids is 1. The Kier molecular flexibility index (Phi) is 5.00. The van der Waals surface area contributed by atoms with E-state index in [0.717, 1.165) is 15.0 Å². The minimum Gasteiger partial charge on any atom is -0.490 e. The van der Waals surface area contributed by atoms with Crippen molar-refractivity contribution in [2.24, 2.45) is 0 Å². The fourth-order valence-electron chi connectivity index (χ4n) is 1.75. The molecule has 2 aromatic rings. The molecule has 104 valence electrons. The Bertz CT molecular complexity index is 597. The Morgan fingerprint density at radius 2 is 1.80 bits per heavy atom. The number of ether oxygens (including phenoxy) is 1. The van der Waals surface area contributed by atoms with Gasteiger partial charge < -0.3 is 10.1 Å². The molecule has 0 bridgehead atoms. The minimum absolute atomic E-state index is 0.0796. The second-order valence-corrected chi connectivity index (χ2v) is 5.68. The maximum absolute atomic E-state index is 12.3. The molecule has 20 heavy (non-hydrogen) atoms. The fraction of sp³-hybridized carbons (Fsp3) is 0.188. The molecule has 0 aromatic heterocycles. The Labute approximate surface area is 132 Å². The molecule has 1 amide bonds. The summed E-state index contributed by atoms with van der Waals surface area (Å²) in [7, 11) is 0. The molecule has 0 heterocycles. The standard InChI is InChI=1S/C16H16INO2/c1-11(2)20-14-10-6-9-13(15(14)17)16(19)18-12-7-4-3-5-8-12/h3-11H,1-2H3,(H,18,19). The van der Waals surface area contributed by atoms with Crippen LogP contribution in [0.15, 0.2) is 48.5 Å². The summed E-state index contributed by atoms with van der Waals surface area (Å²) in [4.78, 5) is 12.3. The van der Waals surface area contributed by atoms with Crippen molar-refractivity contribution in [3.63, 3.8) is 0 Å². The van der Waals surface area contributed by atoms with Gasteiger partial charge in [0.15, 0.2) is 0 Å². The highest BCUT2D eigenvalue weighted by atomic mass is 127. The molecular formula is C16H16INO2. The van der Waals surface area contributed by atoms with Crippen molar-refractivity contribution in [2.75, 3.05) is 5.32 Å². The zero-order valence-corrected chi connectivity index (χ0v) is 13.5. The Balaban J connectivity index is 2.22. The van der Waals surface area contributed by atoms with E-state index in [1.54, 1.807) is 6.07 Å². The number of carbonyl (C=O) groups is 1. The highest BCUT2D eigenvalue weighted by Gasteiger charge is 2.14. The van der Waals surface area contributed by atoms with Crippen LogP contribution in [0.2, 0.25) is 0 Å².